The Hall–Kier alpha value is -1.24. The number of hydrogen-bond donors (Lipinski definition) is 2. The van der Waals surface area contributed by atoms with Crippen molar-refractivity contribution < 1.29 is 4.74 Å². The number of benzene rings is 1. The molecule has 2 fully saturated rings. The molecule has 0 saturated carbocycles. The quantitative estimate of drug-likeness (QED) is 0.577. The number of rotatable bonds is 6. The van der Waals surface area contributed by atoms with Crippen molar-refractivity contribution in [3.8, 4) is 0 Å². The Labute approximate surface area is 168 Å². The van der Waals surface area contributed by atoms with E-state index in [1.54, 1.807) is 0 Å². The van der Waals surface area contributed by atoms with E-state index in [1.165, 1.54) is 29.1 Å². The van der Waals surface area contributed by atoms with Crippen LogP contribution >= 0.6 is 11.8 Å². The number of aryl methyl sites for hydroxylation is 1. The van der Waals surface area contributed by atoms with Gasteiger partial charge >= 0.3 is 0 Å². The van der Waals surface area contributed by atoms with Crippen LogP contribution in [0, 0.1) is 6.92 Å². The molecular weight excluding hydrogens is 356 g/mol. The van der Waals surface area contributed by atoms with Gasteiger partial charge in [-0.05, 0) is 30.6 Å². The summed E-state index contributed by atoms with van der Waals surface area (Å²) in [5.74, 6) is 3.78. The van der Waals surface area contributed by atoms with Gasteiger partial charge in [0.2, 0.25) is 0 Å². The highest BCUT2D eigenvalue weighted by molar-refractivity contribution is 7.99. The molecule has 2 saturated heterocycles. The number of nitrogens with one attached hydrogen (secondary N) is 2. The first-order chi connectivity index (χ1) is 13.1. The van der Waals surface area contributed by atoms with Gasteiger partial charge < -0.3 is 15.4 Å². The molecule has 2 unspecified atom stereocenters. The zero-order valence-electron chi connectivity index (χ0n) is 17.0. The van der Waals surface area contributed by atoms with Crippen molar-refractivity contribution in [2.75, 3.05) is 57.9 Å². The topological polar surface area (TPSA) is 48.9 Å². The molecule has 150 valence electrons. The van der Waals surface area contributed by atoms with E-state index in [2.05, 4.69) is 70.4 Å². The lowest BCUT2D eigenvalue weighted by Crippen LogP contribution is -2.60. The molecule has 6 heteroatoms. The molecule has 0 spiro atoms. The van der Waals surface area contributed by atoms with E-state index in [-0.39, 0.29) is 5.54 Å². The molecule has 0 amide bonds. The van der Waals surface area contributed by atoms with E-state index in [9.17, 15) is 0 Å². The van der Waals surface area contributed by atoms with Crippen molar-refractivity contribution in [3.63, 3.8) is 0 Å². The van der Waals surface area contributed by atoms with E-state index in [0.717, 1.165) is 45.4 Å². The number of nitrogens with zero attached hydrogens (tertiary/aromatic N) is 2. The molecule has 2 atom stereocenters. The summed E-state index contributed by atoms with van der Waals surface area (Å²) in [5, 5.41) is 7.12. The van der Waals surface area contributed by atoms with Gasteiger partial charge in [0.25, 0.3) is 0 Å². The average molecular weight is 391 g/mol. The van der Waals surface area contributed by atoms with E-state index in [0.29, 0.717) is 5.92 Å². The third-order valence-corrected chi connectivity index (χ3v) is 7.03. The smallest absolute Gasteiger partial charge is 0.191 e. The Balaban J connectivity index is 1.52. The van der Waals surface area contributed by atoms with E-state index >= 15 is 0 Å². The van der Waals surface area contributed by atoms with Gasteiger partial charge in [0.1, 0.15) is 0 Å². The Morgan fingerprint density at radius 2 is 2.00 bits per heavy atom. The lowest BCUT2D eigenvalue weighted by atomic mass is 9.95. The molecule has 0 bridgehead atoms. The Kier molecular flexibility index (Phi) is 7.44. The molecule has 0 radical (unpaired) electrons. The minimum atomic E-state index is 0.231. The minimum Gasteiger partial charge on any atom is -0.379 e. The van der Waals surface area contributed by atoms with Crippen LogP contribution in [0.2, 0.25) is 0 Å². The maximum Gasteiger partial charge on any atom is 0.191 e. The van der Waals surface area contributed by atoms with E-state index < -0.39 is 0 Å². The maximum absolute atomic E-state index is 5.56. The average Bonchev–Trinajstić information content (AvgIpc) is 3.19. The van der Waals surface area contributed by atoms with Crippen LogP contribution in [0.25, 0.3) is 0 Å². The summed E-state index contributed by atoms with van der Waals surface area (Å²) in [4.78, 5) is 7.08. The Bertz CT molecular complexity index is 607. The van der Waals surface area contributed by atoms with Crippen LogP contribution in [0.4, 0.5) is 0 Å². The first kappa shape index (κ1) is 20.5. The van der Waals surface area contributed by atoms with Gasteiger partial charge in [-0.15, -0.1) is 0 Å². The second-order valence-electron chi connectivity index (χ2n) is 7.74. The van der Waals surface area contributed by atoms with Gasteiger partial charge in [-0.2, -0.15) is 11.8 Å². The van der Waals surface area contributed by atoms with Crippen LogP contribution in [0.1, 0.15) is 30.4 Å². The number of hydrogen-bond acceptors (Lipinski definition) is 4. The molecule has 5 nitrogen and oxygen atoms in total. The molecule has 0 aromatic heterocycles. The third kappa shape index (κ3) is 5.39. The lowest BCUT2D eigenvalue weighted by Gasteiger charge is -2.43. The second-order valence-corrected chi connectivity index (χ2v) is 8.85. The highest BCUT2D eigenvalue weighted by Crippen LogP contribution is 2.33. The van der Waals surface area contributed by atoms with Crippen molar-refractivity contribution in [1.82, 2.24) is 15.5 Å². The van der Waals surface area contributed by atoms with Crippen LogP contribution in [-0.2, 0) is 4.74 Å². The monoisotopic (exact) mass is 390 g/mol. The second kappa shape index (κ2) is 9.80. The Morgan fingerprint density at radius 1 is 1.26 bits per heavy atom. The lowest BCUT2D eigenvalue weighted by molar-refractivity contribution is -0.0120. The molecule has 0 aliphatic carbocycles. The SMILES string of the molecule is CN=C(NCC(C)c1ccc(C)cc1)NCC1(N2CCOCC2)CCSC1. The molecule has 3 rings (SSSR count). The van der Waals surface area contributed by atoms with Gasteiger partial charge in [-0.3, -0.25) is 9.89 Å². The summed E-state index contributed by atoms with van der Waals surface area (Å²) < 4.78 is 5.56. The predicted octanol–water partition coefficient (Wildman–Crippen LogP) is 2.47. The number of aliphatic imine (C=N–C) groups is 1. The number of ether oxygens (including phenoxy) is 1. The van der Waals surface area contributed by atoms with Crippen LogP contribution in [0.3, 0.4) is 0 Å². The molecule has 2 heterocycles. The van der Waals surface area contributed by atoms with Crippen molar-refractivity contribution in [2.24, 2.45) is 4.99 Å². The number of guanidine groups is 1. The fourth-order valence-electron chi connectivity index (χ4n) is 3.87. The summed E-state index contributed by atoms with van der Waals surface area (Å²) in [6.45, 7) is 10.00. The zero-order chi connectivity index (χ0) is 19.1. The summed E-state index contributed by atoms with van der Waals surface area (Å²) in [5.41, 5.74) is 2.90. The fraction of sp³-hybridized carbons (Fsp3) is 0.667. The zero-order valence-corrected chi connectivity index (χ0v) is 17.8. The number of morpholine rings is 1. The van der Waals surface area contributed by atoms with Gasteiger partial charge in [-0.25, -0.2) is 0 Å². The summed E-state index contributed by atoms with van der Waals surface area (Å²) in [6.07, 6.45) is 1.24. The minimum absolute atomic E-state index is 0.231. The van der Waals surface area contributed by atoms with Crippen molar-refractivity contribution in [2.45, 2.75) is 31.7 Å². The van der Waals surface area contributed by atoms with E-state index in [1.807, 2.05) is 7.05 Å². The van der Waals surface area contributed by atoms with Gasteiger partial charge in [-0.1, -0.05) is 36.8 Å². The maximum atomic E-state index is 5.56. The standard InChI is InChI=1S/C21H34N4OS/c1-17-4-6-19(7-5-17)18(2)14-23-20(22-3)24-15-21(8-13-27-16-21)25-9-11-26-12-10-25/h4-7,18H,8-16H2,1-3H3,(H2,22,23,24). The van der Waals surface area contributed by atoms with Crippen LogP contribution in [0.15, 0.2) is 29.3 Å². The number of thioether (sulfide) groups is 1. The van der Waals surface area contributed by atoms with Crippen LogP contribution in [0.5, 0.6) is 0 Å². The summed E-state index contributed by atoms with van der Waals surface area (Å²) in [6, 6.07) is 8.81. The van der Waals surface area contributed by atoms with Gasteiger partial charge in [0.15, 0.2) is 5.96 Å². The van der Waals surface area contributed by atoms with Crippen molar-refractivity contribution in [3.05, 3.63) is 35.4 Å². The van der Waals surface area contributed by atoms with Gasteiger partial charge in [0.05, 0.1) is 13.2 Å². The third-order valence-electron chi connectivity index (χ3n) is 5.79. The molecular formula is C21H34N4OS. The van der Waals surface area contributed by atoms with Crippen LogP contribution < -0.4 is 10.6 Å². The highest BCUT2D eigenvalue weighted by atomic mass is 32.2. The highest BCUT2D eigenvalue weighted by Gasteiger charge is 2.40. The molecule has 27 heavy (non-hydrogen) atoms. The van der Waals surface area contributed by atoms with Crippen molar-refractivity contribution in [1.29, 1.82) is 0 Å². The fourth-order valence-corrected chi connectivity index (χ4v) is 5.34. The summed E-state index contributed by atoms with van der Waals surface area (Å²) in [7, 11) is 1.86. The Morgan fingerprint density at radius 3 is 2.63 bits per heavy atom. The first-order valence-corrected chi connectivity index (χ1v) is 11.2. The first-order valence-electron chi connectivity index (χ1n) is 10.0. The molecule has 1 aromatic carbocycles. The molecule has 2 aliphatic heterocycles. The van der Waals surface area contributed by atoms with Crippen LogP contribution in [-0.4, -0.2) is 74.3 Å². The normalized spacial score (nSPS) is 25.4. The molecule has 2 N–H and O–H groups in total. The van der Waals surface area contributed by atoms with Gasteiger partial charge in [0, 0.05) is 44.5 Å². The van der Waals surface area contributed by atoms with Crippen molar-refractivity contribution >= 4 is 17.7 Å². The summed E-state index contributed by atoms with van der Waals surface area (Å²) >= 11 is 2.07. The van der Waals surface area contributed by atoms with E-state index in [4.69, 9.17) is 4.74 Å². The molecule has 2 aliphatic rings. The predicted molar refractivity (Wildman–Crippen MR) is 116 cm³/mol. The largest absolute Gasteiger partial charge is 0.379 e. The molecule has 1 aromatic rings.